The average molecular weight is 681 g/mol. The normalized spacial score (nSPS) is 14.2. The first-order chi connectivity index (χ1) is 21.0. The summed E-state index contributed by atoms with van der Waals surface area (Å²) in [5.74, 6) is -0.304. The van der Waals surface area contributed by atoms with Gasteiger partial charge in [-0.05, 0) is 92.4 Å². The summed E-state index contributed by atoms with van der Waals surface area (Å²) in [4.78, 5) is 29.2. The number of hydrogen-bond donors (Lipinski definition) is 1. The van der Waals surface area contributed by atoms with E-state index in [4.69, 9.17) is 39.5 Å². The Labute approximate surface area is 274 Å². The van der Waals surface area contributed by atoms with Crippen molar-refractivity contribution in [1.29, 1.82) is 0 Å². The van der Waals surface area contributed by atoms with E-state index in [2.05, 4.69) is 5.32 Å². The van der Waals surface area contributed by atoms with Gasteiger partial charge < -0.3 is 15.0 Å². The number of carbonyl (C=O) groups is 2. The molecule has 1 saturated carbocycles. The molecule has 0 spiro atoms. The monoisotopic (exact) mass is 679 g/mol. The summed E-state index contributed by atoms with van der Waals surface area (Å²) in [6, 6.07) is 16.3. The molecular weight excluding hydrogens is 645 g/mol. The number of hydrogen-bond acceptors (Lipinski definition) is 5. The summed E-state index contributed by atoms with van der Waals surface area (Å²) in [7, 11) is -4.24. The summed E-state index contributed by atoms with van der Waals surface area (Å²) in [6.07, 6.45) is 4.13. The Kier molecular flexibility index (Phi) is 11.8. The van der Waals surface area contributed by atoms with Crippen LogP contribution in [0.25, 0.3) is 0 Å². The Morgan fingerprint density at radius 2 is 1.57 bits per heavy atom. The second-order valence-electron chi connectivity index (χ2n) is 10.6. The lowest BCUT2D eigenvalue weighted by atomic mass is 10.1. The third-order valence-corrected chi connectivity index (χ3v) is 10.2. The van der Waals surface area contributed by atoms with Crippen LogP contribution in [0.1, 0.15) is 51.5 Å². The van der Waals surface area contributed by atoms with Gasteiger partial charge in [-0.3, -0.25) is 13.9 Å². The maximum Gasteiger partial charge on any atom is 0.264 e. The number of nitrogens with zero attached hydrogens (tertiary/aromatic N) is 2. The molecule has 0 aliphatic heterocycles. The van der Waals surface area contributed by atoms with Crippen molar-refractivity contribution in [3.8, 4) is 5.75 Å². The molecule has 4 rings (SSSR count). The lowest BCUT2D eigenvalue weighted by Gasteiger charge is -2.34. The van der Waals surface area contributed by atoms with Crippen LogP contribution in [-0.2, 0) is 26.2 Å². The van der Waals surface area contributed by atoms with E-state index in [1.807, 2.05) is 13.8 Å². The van der Waals surface area contributed by atoms with Gasteiger partial charge in [0, 0.05) is 27.7 Å². The van der Waals surface area contributed by atoms with Crippen molar-refractivity contribution in [1.82, 2.24) is 10.2 Å². The van der Waals surface area contributed by atoms with Gasteiger partial charge >= 0.3 is 0 Å². The molecule has 3 aromatic carbocycles. The molecule has 0 radical (unpaired) electrons. The molecule has 12 heteroatoms. The molecule has 8 nitrogen and oxygen atoms in total. The van der Waals surface area contributed by atoms with Crippen LogP contribution < -0.4 is 14.4 Å². The summed E-state index contributed by atoms with van der Waals surface area (Å²) in [5.41, 5.74) is 0.828. The average Bonchev–Trinajstić information content (AvgIpc) is 3.50. The van der Waals surface area contributed by atoms with E-state index in [-0.39, 0.29) is 29.1 Å². The molecule has 1 aliphatic carbocycles. The highest BCUT2D eigenvalue weighted by molar-refractivity contribution is 7.92. The summed E-state index contributed by atoms with van der Waals surface area (Å²) in [5, 5.41) is 4.23. The van der Waals surface area contributed by atoms with E-state index < -0.39 is 28.5 Å². The van der Waals surface area contributed by atoms with Gasteiger partial charge in [0.05, 0.1) is 17.2 Å². The van der Waals surface area contributed by atoms with Crippen LogP contribution >= 0.6 is 34.8 Å². The standard InChI is InChI=1S/C32H36Cl3N3O5S/c1-3-30(32(40)36-25-7-5-6-8-25)37(20-22-9-10-24(34)19-29(22)35)31(39)21-38(26-13-15-27(16-14-26)43-4-2)44(41,42)28-17-11-23(33)12-18-28/h9-19,25,30H,3-8,20-21H2,1-2H3,(H,36,40)/t30-/m0/s1. The molecule has 44 heavy (non-hydrogen) atoms. The van der Waals surface area contributed by atoms with E-state index in [9.17, 15) is 18.0 Å². The molecule has 3 aromatic rings. The number of amides is 2. The molecule has 1 aliphatic rings. The van der Waals surface area contributed by atoms with Crippen LogP contribution in [0.2, 0.25) is 15.1 Å². The van der Waals surface area contributed by atoms with Crippen LogP contribution in [-0.4, -0.2) is 50.4 Å². The fraction of sp³-hybridized carbons (Fsp3) is 0.375. The third-order valence-electron chi connectivity index (χ3n) is 7.56. The molecular formula is C32H36Cl3N3O5S. The molecule has 0 unspecified atom stereocenters. The van der Waals surface area contributed by atoms with Crippen molar-refractivity contribution in [3.63, 3.8) is 0 Å². The van der Waals surface area contributed by atoms with Gasteiger partial charge in [-0.15, -0.1) is 0 Å². The predicted octanol–water partition coefficient (Wildman–Crippen LogP) is 7.11. The maximum atomic E-state index is 14.3. The second kappa shape index (κ2) is 15.3. The molecule has 1 fully saturated rings. The van der Waals surface area contributed by atoms with Crippen LogP contribution in [0.15, 0.2) is 71.6 Å². The number of rotatable bonds is 13. The number of carbonyl (C=O) groups excluding carboxylic acids is 2. The molecule has 0 saturated heterocycles. The molecule has 0 heterocycles. The Balaban J connectivity index is 1.73. The zero-order valence-corrected chi connectivity index (χ0v) is 27.7. The van der Waals surface area contributed by atoms with Crippen molar-refractivity contribution >= 4 is 62.3 Å². The number of benzene rings is 3. The molecule has 2 amide bonds. The zero-order valence-electron chi connectivity index (χ0n) is 24.6. The number of ether oxygens (including phenoxy) is 1. The van der Waals surface area contributed by atoms with Crippen LogP contribution in [0.4, 0.5) is 5.69 Å². The van der Waals surface area contributed by atoms with Gasteiger partial charge in [0.1, 0.15) is 18.3 Å². The fourth-order valence-electron chi connectivity index (χ4n) is 5.26. The minimum atomic E-state index is -4.24. The SMILES string of the molecule is CCOc1ccc(N(CC(=O)N(Cc2ccc(Cl)cc2Cl)[C@@H](CC)C(=O)NC2CCCC2)S(=O)(=O)c2ccc(Cl)cc2)cc1. The van der Waals surface area contributed by atoms with Gasteiger partial charge in [0.25, 0.3) is 10.0 Å². The van der Waals surface area contributed by atoms with Crippen LogP contribution in [0.5, 0.6) is 5.75 Å². The van der Waals surface area contributed by atoms with Gasteiger partial charge in [0.2, 0.25) is 11.8 Å². The first-order valence-corrected chi connectivity index (χ1v) is 17.2. The van der Waals surface area contributed by atoms with Crippen LogP contribution in [0.3, 0.4) is 0 Å². The largest absolute Gasteiger partial charge is 0.494 e. The number of anilines is 1. The second-order valence-corrected chi connectivity index (χ2v) is 13.7. The summed E-state index contributed by atoms with van der Waals surface area (Å²) < 4.78 is 34.6. The Morgan fingerprint density at radius 1 is 0.932 bits per heavy atom. The van der Waals surface area contributed by atoms with Crippen LogP contribution in [0, 0.1) is 0 Å². The lowest BCUT2D eigenvalue weighted by molar-refractivity contribution is -0.140. The van der Waals surface area contributed by atoms with E-state index in [0.717, 1.165) is 30.0 Å². The topological polar surface area (TPSA) is 96.0 Å². The van der Waals surface area contributed by atoms with Crippen molar-refractivity contribution in [2.45, 2.75) is 69.5 Å². The maximum absolute atomic E-state index is 14.3. The van der Waals surface area contributed by atoms with E-state index in [1.54, 1.807) is 42.5 Å². The van der Waals surface area contributed by atoms with Gasteiger partial charge in [-0.1, -0.05) is 60.6 Å². The zero-order chi connectivity index (χ0) is 31.9. The lowest BCUT2D eigenvalue weighted by Crippen LogP contribution is -2.53. The molecule has 1 atom stereocenters. The smallest absolute Gasteiger partial charge is 0.264 e. The minimum Gasteiger partial charge on any atom is -0.494 e. The minimum absolute atomic E-state index is 0.0243. The number of halogens is 3. The Morgan fingerprint density at radius 3 is 2.16 bits per heavy atom. The highest BCUT2D eigenvalue weighted by Crippen LogP contribution is 2.29. The molecule has 236 valence electrons. The summed E-state index contributed by atoms with van der Waals surface area (Å²) >= 11 is 18.6. The summed E-state index contributed by atoms with van der Waals surface area (Å²) in [6.45, 7) is 3.50. The first-order valence-electron chi connectivity index (χ1n) is 14.6. The van der Waals surface area contributed by atoms with Gasteiger partial charge in [-0.25, -0.2) is 8.42 Å². The Bertz CT molecular complexity index is 1550. The van der Waals surface area contributed by atoms with E-state index >= 15 is 0 Å². The molecule has 0 bridgehead atoms. The third kappa shape index (κ3) is 8.38. The van der Waals surface area contributed by atoms with Gasteiger partial charge in [-0.2, -0.15) is 0 Å². The van der Waals surface area contributed by atoms with Gasteiger partial charge in [0.15, 0.2) is 0 Å². The molecule has 1 N–H and O–H groups in total. The van der Waals surface area contributed by atoms with Crippen molar-refractivity contribution in [2.24, 2.45) is 0 Å². The highest BCUT2D eigenvalue weighted by Gasteiger charge is 2.35. The Hall–Kier alpha value is -2.98. The van der Waals surface area contributed by atoms with Crippen molar-refractivity contribution in [2.75, 3.05) is 17.5 Å². The van der Waals surface area contributed by atoms with Crippen molar-refractivity contribution < 1.29 is 22.7 Å². The highest BCUT2D eigenvalue weighted by atomic mass is 35.5. The van der Waals surface area contributed by atoms with E-state index in [1.165, 1.54) is 29.2 Å². The molecule has 0 aromatic heterocycles. The van der Waals surface area contributed by atoms with Crippen molar-refractivity contribution in [3.05, 3.63) is 87.4 Å². The van der Waals surface area contributed by atoms with E-state index in [0.29, 0.717) is 39.4 Å². The number of nitrogens with one attached hydrogen (secondary N) is 1. The fourth-order valence-corrected chi connectivity index (χ4v) is 7.27. The quantitative estimate of drug-likeness (QED) is 0.208. The first kappa shape index (κ1) is 33.9. The predicted molar refractivity (Wildman–Crippen MR) is 175 cm³/mol. The number of sulfonamides is 1.